The molecule has 0 saturated carbocycles. The largest absolute Gasteiger partial charge is 0.379 e. The third kappa shape index (κ3) is 3.41. The molecule has 0 radical (unpaired) electrons. The van der Waals surface area contributed by atoms with Crippen molar-refractivity contribution in [3.8, 4) is 0 Å². The molecule has 100 valence electrons. The van der Waals surface area contributed by atoms with Gasteiger partial charge >= 0.3 is 0 Å². The van der Waals surface area contributed by atoms with Crippen molar-refractivity contribution in [2.45, 2.75) is 50.9 Å². The van der Waals surface area contributed by atoms with Gasteiger partial charge in [0.2, 0.25) is 0 Å². The molecule has 4 nitrogen and oxygen atoms in total. The second-order valence-electron chi connectivity index (χ2n) is 6.93. The monoisotopic (exact) mass is 242 g/mol. The van der Waals surface area contributed by atoms with Crippen LogP contribution in [0.5, 0.6) is 0 Å². The number of ether oxygens (including phenoxy) is 2. The van der Waals surface area contributed by atoms with E-state index in [2.05, 4.69) is 32.6 Å². The molecule has 0 aromatic rings. The first-order valence-electron chi connectivity index (χ1n) is 6.49. The lowest BCUT2D eigenvalue weighted by molar-refractivity contribution is -0.182. The van der Waals surface area contributed by atoms with Gasteiger partial charge in [-0.1, -0.05) is 0 Å². The van der Waals surface area contributed by atoms with Crippen molar-refractivity contribution in [3.63, 3.8) is 0 Å². The lowest BCUT2D eigenvalue weighted by atomic mass is 9.94. The molecule has 0 spiro atoms. The zero-order valence-corrected chi connectivity index (χ0v) is 11.6. The third-order valence-electron chi connectivity index (χ3n) is 3.43. The molecule has 0 aromatic carbocycles. The Morgan fingerprint density at radius 1 is 1.12 bits per heavy atom. The molecule has 0 aliphatic carbocycles. The molecule has 1 atom stereocenters. The number of morpholine rings is 1. The fraction of sp³-hybridized carbons (Fsp3) is 1.00. The highest BCUT2D eigenvalue weighted by Gasteiger charge is 2.41. The van der Waals surface area contributed by atoms with E-state index >= 15 is 0 Å². The molecule has 2 aliphatic rings. The molecule has 17 heavy (non-hydrogen) atoms. The summed E-state index contributed by atoms with van der Waals surface area (Å²) in [6, 6.07) is 0. The predicted molar refractivity (Wildman–Crippen MR) is 68.0 cm³/mol. The van der Waals surface area contributed by atoms with Crippen LogP contribution in [0.25, 0.3) is 0 Å². The molecule has 0 amide bonds. The maximum Gasteiger partial charge on any atom is 0.0760 e. The van der Waals surface area contributed by atoms with E-state index in [0.29, 0.717) is 6.61 Å². The highest BCUT2D eigenvalue weighted by molar-refractivity contribution is 4.96. The third-order valence-corrected chi connectivity index (χ3v) is 3.43. The molecule has 4 heteroatoms. The Kier molecular flexibility index (Phi) is 3.28. The Morgan fingerprint density at radius 3 is 2.18 bits per heavy atom. The fourth-order valence-corrected chi connectivity index (χ4v) is 3.25. The van der Waals surface area contributed by atoms with Crippen molar-refractivity contribution in [1.82, 2.24) is 4.90 Å². The van der Waals surface area contributed by atoms with Crippen LogP contribution in [0.1, 0.15) is 34.1 Å². The van der Waals surface area contributed by atoms with E-state index < -0.39 is 0 Å². The normalized spacial score (nSPS) is 37.2. The van der Waals surface area contributed by atoms with E-state index in [-0.39, 0.29) is 16.7 Å². The predicted octanol–water partition coefficient (Wildman–Crippen LogP) is 0.994. The summed E-state index contributed by atoms with van der Waals surface area (Å²) in [5, 5.41) is 0. The van der Waals surface area contributed by atoms with Gasteiger partial charge in [0.05, 0.1) is 23.3 Å². The maximum atomic E-state index is 6.36. The summed E-state index contributed by atoms with van der Waals surface area (Å²) in [7, 11) is 0. The first-order valence-corrected chi connectivity index (χ1v) is 6.49. The van der Waals surface area contributed by atoms with Crippen molar-refractivity contribution in [2.75, 3.05) is 32.8 Å². The Hall–Kier alpha value is -0.160. The molecule has 2 fully saturated rings. The number of rotatable bonds is 2. The summed E-state index contributed by atoms with van der Waals surface area (Å²) < 4.78 is 11.5. The van der Waals surface area contributed by atoms with Crippen LogP contribution in [-0.2, 0) is 9.47 Å². The van der Waals surface area contributed by atoms with Crippen LogP contribution >= 0.6 is 0 Å². The zero-order chi connectivity index (χ0) is 12.7. The average molecular weight is 242 g/mol. The number of hydrogen-bond acceptors (Lipinski definition) is 4. The number of nitrogens with zero attached hydrogens (tertiary/aromatic N) is 1. The van der Waals surface area contributed by atoms with Gasteiger partial charge in [0.1, 0.15) is 0 Å². The van der Waals surface area contributed by atoms with Gasteiger partial charge in [0.25, 0.3) is 0 Å². The molecule has 2 saturated heterocycles. The van der Waals surface area contributed by atoms with Crippen LogP contribution in [0.2, 0.25) is 0 Å². The summed E-state index contributed by atoms with van der Waals surface area (Å²) in [6.45, 7) is 12.9. The Bertz CT molecular complexity index is 267. The molecule has 2 rings (SSSR count). The van der Waals surface area contributed by atoms with Crippen LogP contribution in [0.3, 0.4) is 0 Å². The standard InChI is InChI=1S/C13H26N2O2/c1-11(2)7-15(8-12(3,4)17-11)9-13(14)5-6-16-10-13/h5-10,14H2,1-4H3. The fourth-order valence-electron chi connectivity index (χ4n) is 3.25. The molecule has 1 unspecified atom stereocenters. The lowest BCUT2D eigenvalue weighted by Crippen LogP contribution is -2.61. The Balaban J connectivity index is 2.01. The molecular formula is C13H26N2O2. The Morgan fingerprint density at radius 2 is 1.71 bits per heavy atom. The molecule has 2 N–H and O–H groups in total. The average Bonchev–Trinajstić information content (AvgIpc) is 2.44. The lowest BCUT2D eigenvalue weighted by Gasteiger charge is -2.48. The van der Waals surface area contributed by atoms with Crippen molar-refractivity contribution in [2.24, 2.45) is 5.73 Å². The molecular weight excluding hydrogens is 216 g/mol. The second-order valence-corrected chi connectivity index (χ2v) is 6.93. The van der Waals surface area contributed by atoms with Gasteiger partial charge in [0, 0.05) is 26.2 Å². The minimum Gasteiger partial charge on any atom is -0.379 e. The van der Waals surface area contributed by atoms with Gasteiger partial charge < -0.3 is 15.2 Å². The molecule has 0 aromatic heterocycles. The van der Waals surface area contributed by atoms with Crippen LogP contribution in [0.4, 0.5) is 0 Å². The van der Waals surface area contributed by atoms with E-state index in [4.69, 9.17) is 15.2 Å². The zero-order valence-electron chi connectivity index (χ0n) is 11.6. The highest BCUT2D eigenvalue weighted by atomic mass is 16.5. The summed E-state index contributed by atoms with van der Waals surface area (Å²) in [6.07, 6.45) is 0.964. The minimum absolute atomic E-state index is 0.0996. The van der Waals surface area contributed by atoms with Gasteiger partial charge in [-0.15, -0.1) is 0 Å². The topological polar surface area (TPSA) is 47.7 Å². The second kappa shape index (κ2) is 4.19. The first-order chi connectivity index (χ1) is 7.70. The molecule has 2 aliphatic heterocycles. The minimum atomic E-state index is -0.163. The smallest absolute Gasteiger partial charge is 0.0760 e. The summed E-state index contributed by atoms with van der Waals surface area (Å²) in [4.78, 5) is 2.43. The SMILES string of the molecule is CC1(C)CN(CC2(N)CCOC2)CC(C)(C)O1. The van der Waals surface area contributed by atoms with Gasteiger partial charge in [-0.3, -0.25) is 4.90 Å². The van der Waals surface area contributed by atoms with Crippen molar-refractivity contribution in [3.05, 3.63) is 0 Å². The van der Waals surface area contributed by atoms with Crippen LogP contribution in [-0.4, -0.2) is 54.5 Å². The number of hydrogen-bond donors (Lipinski definition) is 1. The van der Waals surface area contributed by atoms with E-state index in [0.717, 1.165) is 32.7 Å². The van der Waals surface area contributed by atoms with Gasteiger partial charge in [-0.25, -0.2) is 0 Å². The van der Waals surface area contributed by atoms with Gasteiger partial charge in [0.15, 0.2) is 0 Å². The van der Waals surface area contributed by atoms with E-state index in [1.165, 1.54) is 0 Å². The van der Waals surface area contributed by atoms with Gasteiger partial charge in [-0.2, -0.15) is 0 Å². The molecule has 2 heterocycles. The van der Waals surface area contributed by atoms with Crippen molar-refractivity contribution < 1.29 is 9.47 Å². The highest BCUT2D eigenvalue weighted by Crippen LogP contribution is 2.29. The van der Waals surface area contributed by atoms with Gasteiger partial charge in [-0.05, 0) is 34.1 Å². The maximum absolute atomic E-state index is 6.36. The van der Waals surface area contributed by atoms with Crippen molar-refractivity contribution >= 4 is 0 Å². The quantitative estimate of drug-likeness (QED) is 0.784. The van der Waals surface area contributed by atoms with Crippen LogP contribution in [0.15, 0.2) is 0 Å². The number of nitrogens with two attached hydrogens (primary N) is 1. The van der Waals surface area contributed by atoms with Crippen LogP contribution < -0.4 is 5.73 Å². The first kappa shape index (κ1) is 13.3. The van der Waals surface area contributed by atoms with Crippen LogP contribution in [0, 0.1) is 0 Å². The summed E-state index contributed by atoms with van der Waals surface area (Å²) in [5.41, 5.74) is 6.00. The Labute approximate surface area is 104 Å². The van der Waals surface area contributed by atoms with E-state index in [1.807, 2.05) is 0 Å². The van der Waals surface area contributed by atoms with E-state index in [1.54, 1.807) is 0 Å². The summed E-state index contributed by atoms with van der Waals surface area (Å²) in [5.74, 6) is 0. The summed E-state index contributed by atoms with van der Waals surface area (Å²) >= 11 is 0. The molecule has 0 bridgehead atoms. The van der Waals surface area contributed by atoms with Crippen molar-refractivity contribution in [1.29, 1.82) is 0 Å². The van der Waals surface area contributed by atoms with E-state index in [9.17, 15) is 0 Å².